The smallest absolute Gasteiger partial charge is 0.0412 e. The van der Waals surface area contributed by atoms with Crippen LogP contribution in [0.4, 0.5) is 0 Å². The lowest BCUT2D eigenvalue weighted by molar-refractivity contribution is 0.0429. The largest absolute Gasteiger partial charge is 0.0843 e. The zero-order valence-corrected chi connectivity index (χ0v) is 21.9. The number of halogens is 1. The molecule has 7 rings (SSSR count). The number of hydrogen-bond acceptors (Lipinski definition) is 0. The van der Waals surface area contributed by atoms with E-state index >= 15 is 0 Å². The molecule has 36 heavy (non-hydrogen) atoms. The zero-order valence-electron chi connectivity index (χ0n) is 21.2. The molecule has 0 nitrogen and oxygen atoms in total. The highest BCUT2D eigenvalue weighted by Crippen LogP contribution is 2.65. The summed E-state index contributed by atoms with van der Waals surface area (Å²) in [6.45, 7) is 5.05. The van der Waals surface area contributed by atoms with Crippen molar-refractivity contribution in [3.63, 3.8) is 0 Å². The summed E-state index contributed by atoms with van der Waals surface area (Å²) in [6.07, 6.45) is 5.46. The maximum absolute atomic E-state index is 6.35. The number of benzene rings is 4. The fourth-order valence-corrected chi connectivity index (χ4v) is 8.74. The minimum Gasteiger partial charge on any atom is -0.0843 e. The van der Waals surface area contributed by atoms with Gasteiger partial charge in [0.2, 0.25) is 0 Å². The van der Waals surface area contributed by atoms with E-state index in [-0.39, 0.29) is 5.41 Å². The number of hydrogen-bond donors (Lipinski definition) is 0. The van der Waals surface area contributed by atoms with Crippen LogP contribution < -0.4 is 0 Å². The van der Waals surface area contributed by atoms with Crippen LogP contribution in [0.15, 0.2) is 91.0 Å². The molecule has 3 aliphatic rings. The van der Waals surface area contributed by atoms with Crippen molar-refractivity contribution >= 4 is 11.6 Å². The minimum absolute atomic E-state index is 0.0970. The Morgan fingerprint density at radius 2 is 1.33 bits per heavy atom. The molecular formula is C35H33Cl. The van der Waals surface area contributed by atoms with E-state index in [1.165, 1.54) is 59.1 Å². The van der Waals surface area contributed by atoms with Crippen molar-refractivity contribution in [2.75, 3.05) is 0 Å². The Balaban J connectivity index is 1.47. The van der Waals surface area contributed by atoms with Crippen LogP contribution >= 0.6 is 11.6 Å². The lowest BCUT2D eigenvalue weighted by atomic mass is 9.49. The SMILES string of the molecule is CC1CC2CC(C)C3(c4ccccc4-c4cccc(-c5cccc(-c6cccc(Cl)c6)c5)c43)C(C1)C2. The van der Waals surface area contributed by atoms with E-state index in [2.05, 4.69) is 92.7 Å². The highest BCUT2D eigenvalue weighted by atomic mass is 35.5. The van der Waals surface area contributed by atoms with Gasteiger partial charge >= 0.3 is 0 Å². The lowest BCUT2D eigenvalue weighted by Crippen LogP contribution is -2.49. The Kier molecular flexibility index (Phi) is 5.19. The second kappa shape index (κ2) is 8.35. The molecule has 0 heterocycles. The normalized spacial score (nSPS) is 28.1. The molecular weight excluding hydrogens is 456 g/mol. The Labute approximate surface area is 220 Å². The lowest BCUT2D eigenvalue weighted by Gasteiger charge is -2.55. The van der Waals surface area contributed by atoms with Crippen LogP contribution in [0.2, 0.25) is 5.02 Å². The molecule has 1 heteroatoms. The first-order chi connectivity index (χ1) is 17.6. The standard InChI is InChI=1S/C35H33Cl/c1-22-16-24-18-23(2)35(28(17-22)19-24)33-15-4-3-12-31(33)32-14-7-13-30(34(32)35)27-10-5-8-25(20-27)26-9-6-11-29(36)21-26/h3-15,20-24,28H,16-19H2,1-2H3. The first-order valence-electron chi connectivity index (χ1n) is 13.7. The monoisotopic (exact) mass is 488 g/mol. The molecule has 1 spiro atoms. The maximum Gasteiger partial charge on any atom is 0.0412 e. The Morgan fingerprint density at radius 3 is 2.19 bits per heavy atom. The van der Waals surface area contributed by atoms with Crippen LogP contribution in [-0.2, 0) is 5.41 Å². The van der Waals surface area contributed by atoms with E-state index in [4.69, 9.17) is 11.6 Å². The quantitative estimate of drug-likeness (QED) is 0.263. The predicted molar refractivity (Wildman–Crippen MR) is 152 cm³/mol. The van der Waals surface area contributed by atoms with Gasteiger partial charge in [-0.2, -0.15) is 0 Å². The van der Waals surface area contributed by atoms with E-state index in [1.807, 2.05) is 12.1 Å². The van der Waals surface area contributed by atoms with Gasteiger partial charge in [-0.05, 0) is 112 Å². The van der Waals surface area contributed by atoms with Crippen molar-refractivity contribution in [2.24, 2.45) is 23.7 Å². The van der Waals surface area contributed by atoms with Crippen molar-refractivity contribution in [1.82, 2.24) is 0 Å². The molecule has 0 aliphatic heterocycles. The van der Waals surface area contributed by atoms with Crippen molar-refractivity contribution < 1.29 is 0 Å². The van der Waals surface area contributed by atoms with E-state index in [0.29, 0.717) is 11.8 Å². The van der Waals surface area contributed by atoms with Crippen LogP contribution in [0.3, 0.4) is 0 Å². The summed E-state index contributed by atoms with van der Waals surface area (Å²) in [5, 5.41) is 0.782. The van der Waals surface area contributed by atoms with Gasteiger partial charge in [0.15, 0.2) is 0 Å². The third-order valence-corrected chi connectivity index (χ3v) is 9.86. The fraction of sp³-hybridized carbons (Fsp3) is 0.314. The third-order valence-electron chi connectivity index (χ3n) is 9.62. The van der Waals surface area contributed by atoms with E-state index in [1.54, 1.807) is 11.1 Å². The molecule has 0 N–H and O–H groups in total. The third kappa shape index (κ3) is 3.20. The highest BCUT2D eigenvalue weighted by Gasteiger charge is 2.57. The van der Waals surface area contributed by atoms with Gasteiger partial charge in [-0.3, -0.25) is 0 Å². The summed E-state index contributed by atoms with van der Waals surface area (Å²) in [5.41, 5.74) is 11.3. The molecule has 0 aromatic heterocycles. The van der Waals surface area contributed by atoms with Crippen LogP contribution in [-0.4, -0.2) is 0 Å². The topological polar surface area (TPSA) is 0 Å². The van der Waals surface area contributed by atoms with E-state index in [9.17, 15) is 0 Å². The van der Waals surface area contributed by atoms with Gasteiger partial charge in [0.25, 0.3) is 0 Å². The minimum atomic E-state index is 0.0970. The van der Waals surface area contributed by atoms with Gasteiger partial charge in [-0.1, -0.05) is 98.2 Å². The van der Waals surface area contributed by atoms with E-state index in [0.717, 1.165) is 16.9 Å². The van der Waals surface area contributed by atoms with Crippen molar-refractivity contribution in [1.29, 1.82) is 0 Å². The van der Waals surface area contributed by atoms with E-state index < -0.39 is 0 Å². The molecule has 0 radical (unpaired) electrons. The summed E-state index contributed by atoms with van der Waals surface area (Å²) in [6, 6.07) is 33.7. The Hall–Kier alpha value is -2.83. The maximum atomic E-state index is 6.35. The van der Waals surface area contributed by atoms with Crippen LogP contribution in [0, 0.1) is 23.7 Å². The summed E-state index contributed by atoms with van der Waals surface area (Å²) < 4.78 is 0. The molecule has 180 valence electrons. The van der Waals surface area contributed by atoms with Crippen LogP contribution in [0.1, 0.15) is 50.7 Å². The summed E-state index contributed by atoms with van der Waals surface area (Å²) in [5.74, 6) is 3.03. The summed E-state index contributed by atoms with van der Waals surface area (Å²) in [7, 11) is 0. The average Bonchev–Trinajstić information content (AvgIpc) is 3.19. The zero-order chi connectivity index (χ0) is 24.4. The van der Waals surface area contributed by atoms with Gasteiger partial charge in [0, 0.05) is 10.4 Å². The molecule has 4 aromatic rings. The Bertz CT molecular complexity index is 1460. The van der Waals surface area contributed by atoms with Crippen molar-refractivity contribution in [3.8, 4) is 33.4 Å². The summed E-state index contributed by atoms with van der Waals surface area (Å²) >= 11 is 6.35. The van der Waals surface area contributed by atoms with Gasteiger partial charge < -0.3 is 0 Å². The Morgan fingerprint density at radius 1 is 0.639 bits per heavy atom. The highest BCUT2D eigenvalue weighted by molar-refractivity contribution is 6.30. The second-order valence-electron chi connectivity index (χ2n) is 11.7. The molecule has 5 unspecified atom stereocenters. The van der Waals surface area contributed by atoms with Crippen LogP contribution in [0.25, 0.3) is 33.4 Å². The van der Waals surface area contributed by atoms with Crippen LogP contribution in [0.5, 0.6) is 0 Å². The summed E-state index contributed by atoms with van der Waals surface area (Å²) in [4.78, 5) is 0. The first kappa shape index (κ1) is 22.4. The molecule has 2 fully saturated rings. The molecule has 2 saturated carbocycles. The molecule has 2 bridgehead atoms. The van der Waals surface area contributed by atoms with Crippen molar-refractivity contribution in [2.45, 2.75) is 44.9 Å². The van der Waals surface area contributed by atoms with Gasteiger partial charge in [0.05, 0.1) is 0 Å². The molecule has 5 atom stereocenters. The molecule has 0 amide bonds. The van der Waals surface area contributed by atoms with Gasteiger partial charge in [-0.15, -0.1) is 0 Å². The molecule has 0 saturated heterocycles. The average molecular weight is 489 g/mol. The number of rotatable bonds is 2. The first-order valence-corrected chi connectivity index (χ1v) is 14.0. The second-order valence-corrected chi connectivity index (χ2v) is 12.2. The number of fused-ring (bicyclic) bond motifs is 8. The van der Waals surface area contributed by atoms with Gasteiger partial charge in [0.1, 0.15) is 0 Å². The van der Waals surface area contributed by atoms with Crippen molar-refractivity contribution in [3.05, 3.63) is 107 Å². The predicted octanol–water partition coefficient (Wildman–Crippen LogP) is 10.0. The van der Waals surface area contributed by atoms with Gasteiger partial charge in [-0.25, -0.2) is 0 Å². The molecule has 4 aromatic carbocycles. The molecule has 3 aliphatic carbocycles. The fourth-order valence-electron chi connectivity index (χ4n) is 8.54.